The van der Waals surface area contributed by atoms with Crippen LogP contribution >= 0.6 is 12.2 Å². The fourth-order valence-electron chi connectivity index (χ4n) is 1.03. The molecule has 0 saturated heterocycles. The van der Waals surface area contributed by atoms with E-state index in [9.17, 15) is 4.79 Å². The van der Waals surface area contributed by atoms with Gasteiger partial charge in [-0.05, 0) is 50.3 Å². The van der Waals surface area contributed by atoms with Crippen LogP contribution in [0.2, 0.25) is 0 Å². The number of hydrogen-bond donors (Lipinski definition) is 1. The second-order valence-corrected chi connectivity index (χ2v) is 3.51. The first kappa shape index (κ1) is 12.4. The highest BCUT2D eigenvalue weighted by atomic mass is 32.1. The number of aliphatic imine (C=N–C) groups is 1. The van der Waals surface area contributed by atoms with Crippen LogP contribution in [0.25, 0.3) is 0 Å². The Bertz CT molecular complexity index is 408. The molecule has 1 amide bonds. The molecule has 4 nitrogen and oxygen atoms in total. The molecule has 0 fully saturated rings. The highest BCUT2D eigenvalue weighted by molar-refractivity contribution is 7.78. The van der Waals surface area contributed by atoms with Crippen LogP contribution < -0.4 is 5.32 Å². The van der Waals surface area contributed by atoms with Gasteiger partial charge in [-0.15, -0.1) is 0 Å². The number of benzene rings is 1. The van der Waals surface area contributed by atoms with Gasteiger partial charge in [0.15, 0.2) is 0 Å². The Morgan fingerprint density at radius 1 is 1.44 bits per heavy atom. The van der Waals surface area contributed by atoms with Crippen molar-refractivity contribution in [1.82, 2.24) is 0 Å². The third-order valence-electron chi connectivity index (χ3n) is 1.63. The smallest absolute Gasteiger partial charge is 0.411 e. The average molecular weight is 236 g/mol. The Morgan fingerprint density at radius 3 is 2.56 bits per heavy atom. The molecule has 0 aliphatic carbocycles. The summed E-state index contributed by atoms with van der Waals surface area (Å²) in [6.45, 7) is 3.58. The number of carbonyl (C=O) groups excluding carboxylic acids is 1. The van der Waals surface area contributed by atoms with E-state index in [0.717, 1.165) is 0 Å². The SMILES string of the molecule is CC(C)OC(=O)Nc1ccc(N=C=S)cc1. The summed E-state index contributed by atoms with van der Waals surface area (Å²) in [5.74, 6) is 0. The molecule has 1 aromatic carbocycles. The van der Waals surface area contributed by atoms with Crippen LogP contribution in [0.5, 0.6) is 0 Å². The molecule has 0 aromatic heterocycles. The summed E-state index contributed by atoms with van der Waals surface area (Å²) in [5.41, 5.74) is 1.34. The summed E-state index contributed by atoms with van der Waals surface area (Å²) in [4.78, 5) is 15.0. The van der Waals surface area contributed by atoms with Gasteiger partial charge in [0.25, 0.3) is 0 Å². The van der Waals surface area contributed by atoms with Crippen LogP contribution in [0.15, 0.2) is 29.3 Å². The first-order valence-electron chi connectivity index (χ1n) is 4.77. The normalized spacial score (nSPS) is 9.44. The number of amides is 1. The van der Waals surface area contributed by atoms with Crippen molar-refractivity contribution in [3.8, 4) is 0 Å². The lowest BCUT2D eigenvalue weighted by Gasteiger charge is -2.09. The van der Waals surface area contributed by atoms with Gasteiger partial charge in [-0.1, -0.05) is 0 Å². The van der Waals surface area contributed by atoms with Crippen LogP contribution in [0.1, 0.15) is 13.8 Å². The molecule has 0 heterocycles. The van der Waals surface area contributed by atoms with E-state index >= 15 is 0 Å². The fourth-order valence-corrected chi connectivity index (χ4v) is 1.14. The molecule has 0 unspecified atom stereocenters. The summed E-state index contributed by atoms with van der Waals surface area (Å²) >= 11 is 4.48. The second-order valence-electron chi connectivity index (χ2n) is 3.33. The van der Waals surface area contributed by atoms with Gasteiger partial charge >= 0.3 is 6.09 Å². The highest BCUT2D eigenvalue weighted by Gasteiger charge is 2.04. The second kappa shape index (κ2) is 6.00. The summed E-state index contributed by atoms with van der Waals surface area (Å²) < 4.78 is 4.93. The fraction of sp³-hybridized carbons (Fsp3) is 0.273. The van der Waals surface area contributed by atoms with Crippen LogP contribution in [0, 0.1) is 0 Å². The zero-order valence-corrected chi connectivity index (χ0v) is 9.88. The van der Waals surface area contributed by atoms with Gasteiger partial charge in [-0.3, -0.25) is 5.32 Å². The molecule has 1 aromatic rings. The summed E-state index contributed by atoms with van der Waals surface area (Å²) in [5, 5.41) is 4.86. The van der Waals surface area contributed by atoms with Crippen molar-refractivity contribution < 1.29 is 9.53 Å². The van der Waals surface area contributed by atoms with Crippen LogP contribution in [-0.4, -0.2) is 17.4 Å². The number of ether oxygens (including phenoxy) is 1. The van der Waals surface area contributed by atoms with Crippen molar-refractivity contribution >= 4 is 34.8 Å². The van der Waals surface area contributed by atoms with E-state index in [4.69, 9.17) is 4.74 Å². The van der Waals surface area contributed by atoms with E-state index in [1.807, 2.05) is 0 Å². The predicted molar refractivity (Wildman–Crippen MR) is 66.4 cm³/mol. The lowest BCUT2D eigenvalue weighted by Crippen LogP contribution is -2.17. The van der Waals surface area contributed by atoms with Gasteiger partial charge in [0.1, 0.15) is 0 Å². The Balaban J connectivity index is 2.61. The number of hydrogen-bond acceptors (Lipinski definition) is 4. The standard InChI is InChI=1S/C11H12N2O2S/c1-8(2)15-11(14)13-10-5-3-9(4-6-10)12-7-16/h3-6,8H,1-2H3,(H,13,14). The molecule has 0 bridgehead atoms. The van der Waals surface area contributed by atoms with Gasteiger partial charge in [-0.2, -0.15) is 4.99 Å². The molecule has 0 radical (unpaired) electrons. The monoisotopic (exact) mass is 236 g/mol. The number of rotatable bonds is 3. The molecule has 1 N–H and O–H groups in total. The molecule has 5 heteroatoms. The van der Waals surface area contributed by atoms with E-state index in [-0.39, 0.29) is 6.10 Å². The van der Waals surface area contributed by atoms with Crippen molar-refractivity contribution in [3.05, 3.63) is 24.3 Å². The minimum absolute atomic E-state index is 0.140. The minimum atomic E-state index is -0.471. The zero-order chi connectivity index (χ0) is 12.0. The van der Waals surface area contributed by atoms with Crippen molar-refractivity contribution in [2.75, 3.05) is 5.32 Å². The maximum absolute atomic E-state index is 11.2. The summed E-state index contributed by atoms with van der Waals surface area (Å²) in [6.07, 6.45) is -0.611. The Morgan fingerprint density at radius 2 is 2.06 bits per heavy atom. The zero-order valence-electron chi connectivity index (χ0n) is 9.06. The van der Waals surface area contributed by atoms with E-state index < -0.39 is 6.09 Å². The van der Waals surface area contributed by atoms with Crippen molar-refractivity contribution in [1.29, 1.82) is 0 Å². The molecule has 0 atom stereocenters. The molecule has 84 valence electrons. The Hall–Kier alpha value is -1.71. The summed E-state index contributed by atoms with van der Waals surface area (Å²) in [6, 6.07) is 6.88. The molecule has 0 aliphatic rings. The van der Waals surface area contributed by atoms with Crippen molar-refractivity contribution in [3.63, 3.8) is 0 Å². The molecule has 16 heavy (non-hydrogen) atoms. The number of thiocarbonyl (C=S) groups is 1. The molecule has 0 spiro atoms. The average Bonchev–Trinajstić information content (AvgIpc) is 2.20. The Labute approximate surface area is 99.3 Å². The van der Waals surface area contributed by atoms with Gasteiger partial charge in [0, 0.05) is 5.69 Å². The van der Waals surface area contributed by atoms with Crippen molar-refractivity contribution in [2.24, 2.45) is 4.99 Å². The summed E-state index contributed by atoms with van der Waals surface area (Å²) in [7, 11) is 0. The van der Waals surface area contributed by atoms with E-state index in [0.29, 0.717) is 11.4 Å². The van der Waals surface area contributed by atoms with Crippen LogP contribution in [0.3, 0.4) is 0 Å². The van der Waals surface area contributed by atoms with Crippen LogP contribution in [0.4, 0.5) is 16.2 Å². The number of nitrogens with zero attached hydrogens (tertiary/aromatic N) is 1. The molecular weight excluding hydrogens is 224 g/mol. The van der Waals surface area contributed by atoms with Crippen LogP contribution in [-0.2, 0) is 4.74 Å². The predicted octanol–water partition coefficient (Wildman–Crippen LogP) is 3.38. The first-order chi connectivity index (χ1) is 7.61. The number of carbonyl (C=O) groups is 1. The molecular formula is C11H12N2O2S. The largest absolute Gasteiger partial charge is 0.447 e. The van der Waals surface area contributed by atoms with Gasteiger partial charge in [-0.25, -0.2) is 4.79 Å². The Kier molecular flexibility index (Phi) is 4.64. The van der Waals surface area contributed by atoms with E-state index in [1.165, 1.54) is 0 Å². The molecule has 0 aliphatic heterocycles. The van der Waals surface area contributed by atoms with Gasteiger partial charge < -0.3 is 4.74 Å². The lowest BCUT2D eigenvalue weighted by molar-refractivity contribution is 0.130. The third-order valence-corrected chi connectivity index (χ3v) is 1.72. The minimum Gasteiger partial charge on any atom is -0.447 e. The lowest BCUT2D eigenvalue weighted by atomic mass is 10.3. The first-order valence-corrected chi connectivity index (χ1v) is 5.18. The van der Waals surface area contributed by atoms with E-state index in [1.54, 1.807) is 38.1 Å². The van der Waals surface area contributed by atoms with Crippen molar-refractivity contribution in [2.45, 2.75) is 20.0 Å². The van der Waals surface area contributed by atoms with Gasteiger partial charge in [0.05, 0.1) is 17.0 Å². The van der Waals surface area contributed by atoms with Gasteiger partial charge in [0.2, 0.25) is 0 Å². The number of anilines is 1. The molecule has 1 rings (SSSR count). The molecule has 0 saturated carbocycles. The maximum Gasteiger partial charge on any atom is 0.411 e. The third kappa shape index (κ3) is 4.21. The maximum atomic E-state index is 11.2. The quantitative estimate of drug-likeness (QED) is 0.646. The number of nitrogens with one attached hydrogen (secondary N) is 1. The van der Waals surface area contributed by atoms with E-state index in [2.05, 4.69) is 27.7 Å². The highest BCUT2D eigenvalue weighted by Crippen LogP contribution is 2.15. The number of isothiocyanates is 1. The topological polar surface area (TPSA) is 50.7 Å².